The van der Waals surface area contributed by atoms with Crippen LogP contribution in [0.15, 0.2) is 29.2 Å². The Hall–Kier alpha value is -1.64. The quantitative estimate of drug-likeness (QED) is 0.716. The fourth-order valence-corrected chi connectivity index (χ4v) is 3.26. The van der Waals surface area contributed by atoms with Gasteiger partial charge in [0, 0.05) is 12.1 Å². The second-order valence-electron chi connectivity index (χ2n) is 5.80. The largest absolute Gasteiger partial charge is 0.480 e. The van der Waals surface area contributed by atoms with Gasteiger partial charge in [-0.15, -0.1) is 0 Å². The second-order valence-corrected chi connectivity index (χ2v) is 8.28. The SMILES string of the molecule is CC(C)CC(NC(=O)CN(C)S(=O)(=O)c1ccc(Cl)cc1)C(=O)O. The maximum atomic E-state index is 12.4. The van der Waals surface area contributed by atoms with E-state index in [4.69, 9.17) is 16.7 Å². The highest BCUT2D eigenvalue weighted by molar-refractivity contribution is 7.89. The van der Waals surface area contributed by atoms with Gasteiger partial charge >= 0.3 is 5.97 Å². The standard InChI is InChI=1S/C15H21ClN2O5S/c1-10(2)8-13(15(20)21)17-14(19)9-18(3)24(22,23)12-6-4-11(16)5-7-12/h4-7,10,13H,8-9H2,1-3H3,(H,17,19)(H,20,21). The minimum Gasteiger partial charge on any atom is -0.480 e. The molecule has 1 amide bonds. The Morgan fingerprint density at radius 1 is 1.25 bits per heavy atom. The van der Waals surface area contributed by atoms with Crippen molar-refractivity contribution in [3.05, 3.63) is 29.3 Å². The lowest BCUT2D eigenvalue weighted by atomic mass is 10.0. The summed E-state index contributed by atoms with van der Waals surface area (Å²) in [5, 5.41) is 11.9. The zero-order valence-corrected chi connectivity index (χ0v) is 15.3. The third-order valence-corrected chi connectivity index (χ3v) is 5.30. The van der Waals surface area contributed by atoms with E-state index in [1.807, 2.05) is 13.8 Å². The number of aliphatic carboxylic acids is 1. The Kier molecular flexibility index (Phi) is 7.19. The van der Waals surface area contributed by atoms with Gasteiger partial charge in [-0.3, -0.25) is 4.79 Å². The lowest BCUT2D eigenvalue weighted by Crippen LogP contribution is -2.46. The third-order valence-electron chi connectivity index (χ3n) is 3.23. The summed E-state index contributed by atoms with van der Waals surface area (Å²) < 4.78 is 25.6. The average Bonchev–Trinajstić information content (AvgIpc) is 2.46. The van der Waals surface area contributed by atoms with Crippen LogP contribution in [-0.2, 0) is 19.6 Å². The monoisotopic (exact) mass is 376 g/mol. The number of carbonyl (C=O) groups excluding carboxylic acids is 1. The third kappa shape index (κ3) is 5.77. The molecule has 134 valence electrons. The zero-order valence-electron chi connectivity index (χ0n) is 13.7. The van der Waals surface area contributed by atoms with Gasteiger partial charge in [-0.25, -0.2) is 13.2 Å². The predicted octanol–water partition coefficient (Wildman–Crippen LogP) is 1.58. The summed E-state index contributed by atoms with van der Waals surface area (Å²) >= 11 is 5.73. The van der Waals surface area contributed by atoms with Gasteiger partial charge in [-0.2, -0.15) is 4.31 Å². The van der Waals surface area contributed by atoms with Crippen molar-refractivity contribution in [3.8, 4) is 0 Å². The molecule has 0 aliphatic carbocycles. The number of carbonyl (C=O) groups is 2. The number of nitrogens with one attached hydrogen (secondary N) is 1. The number of hydrogen-bond acceptors (Lipinski definition) is 4. The smallest absolute Gasteiger partial charge is 0.326 e. The minimum absolute atomic E-state index is 0.000773. The number of carboxylic acids is 1. The Bertz CT molecular complexity index is 688. The molecule has 0 radical (unpaired) electrons. The first kappa shape index (κ1) is 20.4. The molecule has 0 aliphatic heterocycles. The molecule has 1 aromatic carbocycles. The Balaban J connectivity index is 2.78. The Morgan fingerprint density at radius 2 is 1.79 bits per heavy atom. The fraction of sp³-hybridized carbons (Fsp3) is 0.467. The molecule has 1 atom stereocenters. The number of amides is 1. The van der Waals surface area contributed by atoms with E-state index in [1.54, 1.807) is 0 Å². The number of nitrogens with zero attached hydrogens (tertiary/aromatic N) is 1. The van der Waals surface area contributed by atoms with E-state index >= 15 is 0 Å². The highest BCUT2D eigenvalue weighted by Gasteiger charge is 2.26. The molecular weight excluding hydrogens is 356 g/mol. The lowest BCUT2D eigenvalue weighted by molar-refractivity contribution is -0.142. The van der Waals surface area contributed by atoms with Crippen molar-refractivity contribution in [2.45, 2.75) is 31.2 Å². The first-order valence-electron chi connectivity index (χ1n) is 7.28. The van der Waals surface area contributed by atoms with Crippen LogP contribution < -0.4 is 5.32 Å². The molecule has 0 saturated heterocycles. The molecule has 0 bridgehead atoms. The number of hydrogen-bond donors (Lipinski definition) is 2. The normalized spacial score (nSPS) is 13.1. The molecule has 1 unspecified atom stereocenters. The number of likely N-dealkylation sites (N-methyl/N-ethyl adjacent to an activating group) is 1. The van der Waals surface area contributed by atoms with Gasteiger partial charge in [0.05, 0.1) is 11.4 Å². The molecule has 1 aromatic rings. The Labute approximate surface area is 146 Å². The predicted molar refractivity (Wildman–Crippen MR) is 90.3 cm³/mol. The number of carboxylic acid groups (broad SMARTS) is 1. The van der Waals surface area contributed by atoms with Crippen LogP contribution in [0, 0.1) is 5.92 Å². The van der Waals surface area contributed by atoms with Crippen LogP contribution in [0.2, 0.25) is 5.02 Å². The van der Waals surface area contributed by atoms with Crippen LogP contribution in [0.4, 0.5) is 0 Å². The number of halogens is 1. The van der Waals surface area contributed by atoms with Gasteiger partial charge in [0.2, 0.25) is 15.9 Å². The highest BCUT2D eigenvalue weighted by atomic mass is 35.5. The van der Waals surface area contributed by atoms with E-state index in [1.165, 1.54) is 31.3 Å². The minimum atomic E-state index is -3.86. The van der Waals surface area contributed by atoms with E-state index in [9.17, 15) is 18.0 Å². The molecular formula is C15H21ClN2O5S. The molecule has 0 spiro atoms. The molecule has 0 fully saturated rings. The topological polar surface area (TPSA) is 104 Å². The molecule has 0 heterocycles. The van der Waals surface area contributed by atoms with Crippen molar-refractivity contribution < 1.29 is 23.1 Å². The molecule has 0 aliphatic rings. The zero-order chi connectivity index (χ0) is 18.5. The van der Waals surface area contributed by atoms with Crippen molar-refractivity contribution in [2.75, 3.05) is 13.6 Å². The van der Waals surface area contributed by atoms with Crippen LogP contribution in [-0.4, -0.2) is 49.3 Å². The summed E-state index contributed by atoms with van der Waals surface area (Å²) in [6, 6.07) is 4.50. The van der Waals surface area contributed by atoms with Gasteiger partial charge in [0.15, 0.2) is 0 Å². The van der Waals surface area contributed by atoms with Crippen LogP contribution >= 0.6 is 11.6 Å². The van der Waals surface area contributed by atoms with Gasteiger partial charge in [0.25, 0.3) is 0 Å². The summed E-state index contributed by atoms with van der Waals surface area (Å²) in [6.45, 7) is 3.19. The molecule has 0 aromatic heterocycles. The van der Waals surface area contributed by atoms with Crippen molar-refractivity contribution in [1.29, 1.82) is 0 Å². The van der Waals surface area contributed by atoms with Crippen molar-refractivity contribution in [1.82, 2.24) is 9.62 Å². The van der Waals surface area contributed by atoms with Gasteiger partial charge < -0.3 is 10.4 Å². The maximum Gasteiger partial charge on any atom is 0.326 e. The lowest BCUT2D eigenvalue weighted by Gasteiger charge is -2.20. The summed E-state index contributed by atoms with van der Waals surface area (Å²) in [7, 11) is -2.61. The average molecular weight is 377 g/mol. The van der Waals surface area contributed by atoms with Gasteiger partial charge in [-0.05, 0) is 36.6 Å². The van der Waals surface area contributed by atoms with Crippen molar-refractivity contribution in [3.63, 3.8) is 0 Å². The fourth-order valence-electron chi connectivity index (χ4n) is 2.01. The first-order chi connectivity index (χ1) is 11.0. The first-order valence-corrected chi connectivity index (χ1v) is 9.10. The van der Waals surface area contributed by atoms with E-state index in [2.05, 4.69) is 5.32 Å². The molecule has 2 N–H and O–H groups in total. The van der Waals surface area contributed by atoms with Crippen molar-refractivity contribution >= 4 is 33.5 Å². The summed E-state index contributed by atoms with van der Waals surface area (Å²) in [4.78, 5) is 23.1. The van der Waals surface area contributed by atoms with Crippen LogP contribution in [0.1, 0.15) is 20.3 Å². The van der Waals surface area contributed by atoms with E-state index in [0.29, 0.717) is 5.02 Å². The maximum absolute atomic E-state index is 12.4. The van der Waals surface area contributed by atoms with Gasteiger partial charge in [-0.1, -0.05) is 25.4 Å². The number of benzene rings is 1. The highest BCUT2D eigenvalue weighted by Crippen LogP contribution is 2.17. The second kappa shape index (κ2) is 8.46. The van der Waals surface area contributed by atoms with Crippen LogP contribution in [0.5, 0.6) is 0 Å². The molecule has 24 heavy (non-hydrogen) atoms. The number of sulfonamides is 1. The molecule has 0 saturated carbocycles. The van der Waals surface area contributed by atoms with E-state index in [-0.39, 0.29) is 17.2 Å². The van der Waals surface area contributed by atoms with E-state index < -0.39 is 34.5 Å². The molecule has 1 rings (SSSR count). The Morgan fingerprint density at radius 3 is 2.25 bits per heavy atom. The molecule has 9 heteroatoms. The summed E-state index contributed by atoms with van der Waals surface area (Å²) in [5.41, 5.74) is 0. The van der Waals surface area contributed by atoms with Crippen molar-refractivity contribution in [2.24, 2.45) is 5.92 Å². The number of rotatable bonds is 8. The molecule has 7 nitrogen and oxygen atoms in total. The van der Waals surface area contributed by atoms with Gasteiger partial charge in [0.1, 0.15) is 6.04 Å². The summed E-state index contributed by atoms with van der Waals surface area (Å²) in [5.74, 6) is -1.76. The van der Waals surface area contributed by atoms with E-state index in [0.717, 1.165) is 4.31 Å². The summed E-state index contributed by atoms with van der Waals surface area (Å²) in [6.07, 6.45) is 0.259. The van der Waals surface area contributed by atoms with Crippen LogP contribution in [0.3, 0.4) is 0 Å². The van der Waals surface area contributed by atoms with Crippen LogP contribution in [0.25, 0.3) is 0 Å².